The second kappa shape index (κ2) is 9.50. The molecule has 24 heavy (non-hydrogen) atoms. The summed E-state index contributed by atoms with van der Waals surface area (Å²) in [5.74, 6) is -0.00645. The van der Waals surface area contributed by atoms with Gasteiger partial charge in [-0.3, -0.25) is 9.69 Å². The maximum absolute atomic E-state index is 12.6. The van der Waals surface area contributed by atoms with Gasteiger partial charge < -0.3 is 5.32 Å². The molecular formula is C20H26N2OS. The number of carbonyl (C=O) groups is 1. The molecule has 0 fully saturated rings. The first kappa shape index (κ1) is 18.6. The van der Waals surface area contributed by atoms with Crippen LogP contribution >= 0.6 is 11.8 Å². The normalized spacial score (nSPS) is 12.2. The van der Waals surface area contributed by atoms with Crippen molar-refractivity contribution in [3.63, 3.8) is 0 Å². The van der Waals surface area contributed by atoms with Crippen LogP contribution in [0.1, 0.15) is 35.8 Å². The highest BCUT2D eigenvalue weighted by Gasteiger charge is 2.19. The minimum absolute atomic E-state index is 0.00645. The van der Waals surface area contributed by atoms with Crippen molar-refractivity contribution in [1.82, 2.24) is 10.2 Å². The third-order valence-corrected chi connectivity index (χ3v) is 5.04. The van der Waals surface area contributed by atoms with E-state index in [2.05, 4.69) is 48.3 Å². The smallest absolute Gasteiger partial charge is 0.252 e. The highest BCUT2D eigenvalue weighted by Crippen LogP contribution is 2.22. The first-order valence-electron chi connectivity index (χ1n) is 8.41. The Bertz CT molecular complexity index is 641. The number of carbonyl (C=O) groups excluding carboxylic acids is 1. The van der Waals surface area contributed by atoms with Gasteiger partial charge in [0.15, 0.2) is 0 Å². The molecule has 4 heteroatoms. The summed E-state index contributed by atoms with van der Waals surface area (Å²) in [7, 11) is 0. The van der Waals surface area contributed by atoms with Gasteiger partial charge in [0.25, 0.3) is 5.91 Å². The number of thioether (sulfide) groups is 1. The Labute approximate surface area is 149 Å². The Morgan fingerprint density at radius 3 is 2.29 bits per heavy atom. The summed E-state index contributed by atoms with van der Waals surface area (Å²) in [4.78, 5) is 16.0. The van der Waals surface area contributed by atoms with Crippen LogP contribution in [0.3, 0.4) is 0 Å². The van der Waals surface area contributed by atoms with Gasteiger partial charge in [-0.1, -0.05) is 56.3 Å². The van der Waals surface area contributed by atoms with E-state index in [0.29, 0.717) is 6.54 Å². The van der Waals surface area contributed by atoms with Crippen molar-refractivity contribution in [2.75, 3.05) is 25.9 Å². The van der Waals surface area contributed by atoms with E-state index >= 15 is 0 Å². The number of benzene rings is 2. The van der Waals surface area contributed by atoms with Crippen molar-refractivity contribution in [1.29, 1.82) is 0 Å². The predicted octanol–water partition coefficient (Wildman–Crippen LogP) is 4.22. The quantitative estimate of drug-likeness (QED) is 0.729. The topological polar surface area (TPSA) is 32.3 Å². The van der Waals surface area contributed by atoms with Crippen molar-refractivity contribution >= 4 is 17.7 Å². The molecule has 0 heterocycles. The number of likely N-dealkylation sites (N-methyl/N-ethyl adjacent to an activating group) is 1. The first-order chi connectivity index (χ1) is 11.7. The van der Waals surface area contributed by atoms with Gasteiger partial charge in [-0.25, -0.2) is 0 Å². The van der Waals surface area contributed by atoms with Crippen molar-refractivity contribution in [3.05, 3.63) is 65.7 Å². The van der Waals surface area contributed by atoms with Gasteiger partial charge >= 0.3 is 0 Å². The fraction of sp³-hybridized carbons (Fsp3) is 0.350. The lowest BCUT2D eigenvalue weighted by Crippen LogP contribution is -2.38. The zero-order chi connectivity index (χ0) is 17.4. The van der Waals surface area contributed by atoms with E-state index in [0.717, 1.165) is 23.5 Å². The van der Waals surface area contributed by atoms with Gasteiger partial charge in [-0.05, 0) is 37.0 Å². The minimum Gasteiger partial charge on any atom is -0.350 e. The molecule has 0 aliphatic heterocycles. The lowest BCUT2D eigenvalue weighted by molar-refractivity contribution is 0.0932. The molecule has 1 amide bonds. The fourth-order valence-corrected chi connectivity index (χ4v) is 3.51. The third kappa shape index (κ3) is 4.62. The molecule has 1 unspecified atom stereocenters. The SMILES string of the molecule is CCN(CC)C(CNC(=O)c1ccccc1SC)c1ccccc1. The van der Waals surface area contributed by atoms with Gasteiger partial charge in [-0.2, -0.15) is 0 Å². The fourth-order valence-electron chi connectivity index (χ4n) is 2.91. The molecule has 0 saturated carbocycles. The van der Waals surface area contributed by atoms with Crippen LogP contribution in [0.15, 0.2) is 59.5 Å². The summed E-state index contributed by atoms with van der Waals surface area (Å²) >= 11 is 1.60. The van der Waals surface area contributed by atoms with E-state index in [1.807, 2.05) is 36.6 Å². The predicted molar refractivity (Wildman–Crippen MR) is 103 cm³/mol. The van der Waals surface area contributed by atoms with Crippen molar-refractivity contribution in [2.24, 2.45) is 0 Å². The second-order valence-corrected chi connectivity index (χ2v) is 6.41. The van der Waals surface area contributed by atoms with Crippen LogP contribution in [0.5, 0.6) is 0 Å². The number of amides is 1. The Balaban J connectivity index is 2.14. The molecule has 2 rings (SSSR count). The molecule has 128 valence electrons. The average Bonchev–Trinajstić information content (AvgIpc) is 2.65. The van der Waals surface area contributed by atoms with E-state index in [-0.39, 0.29) is 11.9 Å². The van der Waals surface area contributed by atoms with Crippen LogP contribution in [-0.4, -0.2) is 36.7 Å². The zero-order valence-electron chi connectivity index (χ0n) is 14.7. The van der Waals surface area contributed by atoms with Crippen LogP contribution in [-0.2, 0) is 0 Å². The summed E-state index contributed by atoms with van der Waals surface area (Å²) in [6, 6.07) is 18.3. The lowest BCUT2D eigenvalue weighted by atomic mass is 10.0. The van der Waals surface area contributed by atoms with E-state index in [9.17, 15) is 4.79 Å². The molecule has 0 aromatic heterocycles. The number of nitrogens with one attached hydrogen (secondary N) is 1. The van der Waals surface area contributed by atoms with E-state index in [1.165, 1.54) is 5.56 Å². The molecular weight excluding hydrogens is 316 g/mol. The molecule has 0 bridgehead atoms. The highest BCUT2D eigenvalue weighted by molar-refractivity contribution is 7.98. The zero-order valence-corrected chi connectivity index (χ0v) is 15.5. The molecule has 2 aromatic rings. The van der Waals surface area contributed by atoms with Gasteiger partial charge in [0.2, 0.25) is 0 Å². The molecule has 0 spiro atoms. The van der Waals surface area contributed by atoms with E-state index < -0.39 is 0 Å². The number of hydrogen-bond acceptors (Lipinski definition) is 3. The summed E-state index contributed by atoms with van der Waals surface area (Å²) in [6.45, 7) is 6.82. The number of nitrogens with zero attached hydrogens (tertiary/aromatic N) is 1. The largest absolute Gasteiger partial charge is 0.350 e. The van der Waals surface area contributed by atoms with Crippen LogP contribution in [0, 0.1) is 0 Å². The minimum atomic E-state index is -0.00645. The Kier molecular flexibility index (Phi) is 7.35. The molecule has 0 radical (unpaired) electrons. The number of hydrogen-bond donors (Lipinski definition) is 1. The third-order valence-electron chi connectivity index (χ3n) is 4.25. The van der Waals surface area contributed by atoms with E-state index in [1.54, 1.807) is 11.8 Å². The Morgan fingerprint density at radius 2 is 1.67 bits per heavy atom. The van der Waals surface area contributed by atoms with Crippen LogP contribution in [0.4, 0.5) is 0 Å². The number of rotatable bonds is 8. The van der Waals surface area contributed by atoms with Crippen molar-refractivity contribution in [3.8, 4) is 0 Å². The Hall–Kier alpha value is -1.78. The molecule has 3 nitrogen and oxygen atoms in total. The molecule has 1 N–H and O–H groups in total. The maximum Gasteiger partial charge on any atom is 0.252 e. The molecule has 2 aromatic carbocycles. The molecule has 0 aliphatic carbocycles. The summed E-state index contributed by atoms with van der Waals surface area (Å²) in [6.07, 6.45) is 1.99. The summed E-state index contributed by atoms with van der Waals surface area (Å²) in [5.41, 5.74) is 1.98. The van der Waals surface area contributed by atoms with Crippen molar-refractivity contribution in [2.45, 2.75) is 24.8 Å². The summed E-state index contributed by atoms with van der Waals surface area (Å²) < 4.78 is 0. The van der Waals surface area contributed by atoms with Gasteiger partial charge in [0.05, 0.1) is 11.6 Å². The Morgan fingerprint density at radius 1 is 1.04 bits per heavy atom. The van der Waals surface area contributed by atoms with Gasteiger partial charge in [0, 0.05) is 11.4 Å². The lowest BCUT2D eigenvalue weighted by Gasteiger charge is -2.30. The summed E-state index contributed by atoms with van der Waals surface area (Å²) in [5, 5.41) is 3.13. The van der Waals surface area contributed by atoms with Crippen LogP contribution in [0.25, 0.3) is 0 Å². The average molecular weight is 343 g/mol. The first-order valence-corrected chi connectivity index (χ1v) is 9.63. The van der Waals surface area contributed by atoms with Gasteiger partial charge in [-0.15, -0.1) is 11.8 Å². The highest BCUT2D eigenvalue weighted by atomic mass is 32.2. The standard InChI is InChI=1S/C20H26N2OS/c1-4-22(5-2)18(16-11-7-6-8-12-16)15-21-20(23)17-13-9-10-14-19(17)24-3/h6-14,18H,4-5,15H2,1-3H3,(H,21,23). The van der Waals surface area contributed by atoms with Gasteiger partial charge in [0.1, 0.15) is 0 Å². The molecule has 0 aliphatic rings. The molecule has 0 saturated heterocycles. The van der Waals surface area contributed by atoms with Crippen LogP contribution in [0.2, 0.25) is 0 Å². The molecule has 1 atom stereocenters. The second-order valence-electron chi connectivity index (χ2n) is 5.56. The van der Waals surface area contributed by atoms with Crippen LogP contribution < -0.4 is 5.32 Å². The van der Waals surface area contributed by atoms with Crippen molar-refractivity contribution < 1.29 is 4.79 Å². The van der Waals surface area contributed by atoms with E-state index in [4.69, 9.17) is 0 Å². The monoisotopic (exact) mass is 342 g/mol. The maximum atomic E-state index is 12.6.